The molecule has 23 heavy (non-hydrogen) atoms. The van der Waals surface area contributed by atoms with Crippen molar-refractivity contribution in [2.45, 2.75) is 57.1 Å². The van der Waals surface area contributed by atoms with Crippen LogP contribution in [0.3, 0.4) is 0 Å². The van der Waals surface area contributed by atoms with Gasteiger partial charge in [0.05, 0.1) is 25.2 Å². The van der Waals surface area contributed by atoms with Crippen LogP contribution >= 0.6 is 11.6 Å². The summed E-state index contributed by atoms with van der Waals surface area (Å²) in [6.45, 7) is 2.92. The number of alkyl halides is 1. The molecular weight excluding hydrogens is 332 g/mol. The fourth-order valence-corrected chi connectivity index (χ4v) is 2.86. The lowest BCUT2D eigenvalue weighted by Gasteiger charge is -2.38. The van der Waals surface area contributed by atoms with Crippen molar-refractivity contribution in [3.05, 3.63) is 0 Å². The van der Waals surface area contributed by atoms with Crippen molar-refractivity contribution in [2.75, 3.05) is 19.1 Å². The van der Waals surface area contributed by atoms with E-state index in [1.165, 1.54) is 13.8 Å². The standard InChI is InChI=1S/C14H21ClO8/c1-8(16)21-10-5-14(7-15,20-6-10)23-13-12(22-9(2)17)11(18)3-4-19-13/h10-13,18H,3-7H2,1-2H3/t10-,11-,12+,13+,14+/m0/s1. The number of ether oxygens (including phenoxy) is 5. The molecule has 0 aromatic rings. The molecule has 0 spiro atoms. The molecule has 2 rings (SSSR count). The largest absolute Gasteiger partial charge is 0.460 e. The summed E-state index contributed by atoms with van der Waals surface area (Å²) in [5.41, 5.74) is 0. The van der Waals surface area contributed by atoms with Crippen LogP contribution in [0, 0.1) is 0 Å². The highest BCUT2D eigenvalue weighted by atomic mass is 35.5. The first-order chi connectivity index (χ1) is 10.8. The average Bonchev–Trinajstić information content (AvgIpc) is 2.85. The number of esters is 2. The first kappa shape index (κ1) is 18.4. The Morgan fingerprint density at radius 2 is 2.00 bits per heavy atom. The predicted octanol–water partition coefficient (Wildman–Crippen LogP) is 0.329. The molecule has 2 aliphatic heterocycles. The van der Waals surface area contributed by atoms with Gasteiger partial charge in [-0.25, -0.2) is 0 Å². The third-order valence-electron chi connectivity index (χ3n) is 3.58. The topological polar surface area (TPSA) is 101 Å². The van der Waals surface area contributed by atoms with Crippen molar-refractivity contribution in [3.8, 4) is 0 Å². The Morgan fingerprint density at radius 3 is 2.61 bits per heavy atom. The Hall–Kier alpha value is -0.930. The highest BCUT2D eigenvalue weighted by Gasteiger charge is 2.48. The maximum Gasteiger partial charge on any atom is 0.303 e. The molecule has 5 atom stereocenters. The molecule has 0 saturated carbocycles. The van der Waals surface area contributed by atoms with E-state index in [2.05, 4.69) is 0 Å². The number of halogens is 1. The van der Waals surface area contributed by atoms with Crippen LogP contribution < -0.4 is 0 Å². The molecule has 2 saturated heterocycles. The van der Waals surface area contributed by atoms with Crippen LogP contribution in [-0.4, -0.2) is 66.5 Å². The van der Waals surface area contributed by atoms with Crippen molar-refractivity contribution < 1.29 is 38.4 Å². The number of carbonyl (C=O) groups is 2. The van der Waals surface area contributed by atoms with Gasteiger partial charge in [0.15, 0.2) is 11.9 Å². The number of aliphatic hydroxyl groups excluding tert-OH is 1. The van der Waals surface area contributed by atoms with Gasteiger partial charge in [-0.15, -0.1) is 11.6 Å². The molecule has 0 aliphatic carbocycles. The molecule has 2 fully saturated rings. The molecule has 2 heterocycles. The van der Waals surface area contributed by atoms with Gasteiger partial charge in [0.25, 0.3) is 0 Å². The number of hydrogen-bond acceptors (Lipinski definition) is 8. The SMILES string of the molecule is CC(=O)O[C@@H]1CO[C@@](CCl)(O[C@H]2OCC[C@H](O)[C@H]2OC(C)=O)C1. The van der Waals surface area contributed by atoms with Crippen LogP contribution in [0.1, 0.15) is 26.7 Å². The molecule has 8 nitrogen and oxygen atoms in total. The van der Waals surface area contributed by atoms with Crippen molar-refractivity contribution in [2.24, 2.45) is 0 Å². The molecule has 2 aliphatic rings. The zero-order chi connectivity index (χ0) is 17.0. The first-order valence-corrected chi connectivity index (χ1v) is 7.90. The zero-order valence-electron chi connectivity index (χ0n) is 13.0. The Kier molecular flexibility index (Phi) is 6.21. The minimum atomic E-state index is -1.23. The summed E-state index contributed by atoms with van der Waals surface area (Å²) in [4.78, 5) is 22.2. The van der Waals surface area contributed by atoms with Gasteiger partial charge >= 0.3 is 11.9 Å². The molecule has 0 unspecified atom stereocenters. The van der Waals surface area contributed by atoms with Crippen molar-refractivity contribution in [3.63, 3.8) is 0 Å². The van der Waals surface area contributed by atoms with E-state index in [0.29, 0.717) is 6.42 Å². The van der Waals surface area contributed by atoms with Crippen molar-refractivity contribution >= 4 is 23.5 Å². The minimum Gasteiger partial charge on any atom is -0.460 e. The second-order valence-corrected chi connectivity index (χ2v) is 5.85. The molecule has 0 aromatic heterocycles. The monoisotopic (exact) mass is 352 g/mol. The van der Waals surface area contributed by atoms with Crippen molar-refractivity contribution in [1.82, 2.24) is 0 Å². The number of carbonyl (C=O) groups excluding carboxylic acids is 2. The van der Waals surface area contributed by atoms with Gasteiger partial charge in [0, 0.05) is 26.7 Å². The lowest BCUT2D eigenvalue weighted by atomic mass is 10.1. The Bertz CT molecular complexity index is 444. The lowest BCUT2D eigenvalue weighted by Crippen LogP contribution is -2.52. The van der Waals surface area contributed by atoms with Crippen LogP contribution in [0.2, 0.25) is 0 Å². The maximum atomic E-state index is 11.2. The fraction of sp³-hybridized carbons (Fsp3) is 0.857. The molecule has 0 bridgehead atoms. The molecule has 0 amide bonds. The molecule has 132 valence electrons. The number of hydrogen-bond donors (Lipinski definition) is 1. The Balaban J connectivity index is 2.04. The van der Waals surface area contributed by atoms with E-state index < -0.39 is 42.3 Å². The summed E-state index contributed by atoms with van der Waals surface area (Å²) in [5, 5.41) is 10.0. The summed E-state index contributed by atoms with van der Waals surface area (Å²) < 4.78 is 27.0. The van der Waals surface area contributed by atoms with Gasteiger partial charge in [0.1, 0.15) is 6.10 Å². The molecule has 0 aromatic carbocycles. The summed E-state index contributed by atoms with van der Waals surface area (Å²) >= 11 is 5.96. The second kappa shape index (κ2) is 7.76. The molecule has 9 heteroatoms. The van der Waals surface area contributed by atoms with E-state index in [4.69, 9.17) is 35.3 Å². The average molecular weight is 353 g/mol. The fourth-order valence-electron chi connectivity index (χ4n) is 2.61. The van der Waals surface area contributed by atoms with Crippen LogP contribution in [0.15, 0.2) is 0 Å². The summed E-state index contributed by atoms with van der Waals surface area (Å²) in [5.74, 6) is -2.25. The van der Waals surface area contributed by atoms with E-state index in [0.717, 1.165) is 0 Å². The Morgan fingerprint density at radius 1 is 1.30 bits per heavy atom. The van der Waals surface area contributed by atoms with Crippen LogP contribution in [0.4, 0.5) is 0 Å². The first-order valence-electron chi connectivity index (χ1n) is 7.37. The van der Waals surface area contributed by atoms with Crippen LogP contribution in [0.25, 0.3) is 0 Å². The highest BCUT2D eigenvalue weighted by molar-refractivity contribution is 6.18. The molecule has 1 N–H and O–H groups in total. The lowest BCUT2D eigenvalue weighted by molar-refractivity contribution is -0.328. The van der Waals surface area contributed by atoms with Gasteiger partial charge < -0.3 is 28.8 Å². The Labute approximate surface area is 138 Å². The van der Waals surface area contributed by atoms with Crippen LogP contribution in [0.5, 0.6) is 0 Å². The molecular formula is C14H21ClO8. The normalized spacial score (nSPS) is 37.4. The summed E-state index contributed by atoms with van der Waals surface area (Å²) in [6, 6.07) is 0. The predicted molar refractivity (Wildman–Crippen MR) is 76.6 cm³/mol. The smallest absolute Gasteiger partial charge is 0.303 e. The quantitative estimate of drug-likeness (QED) is 0.558. The number of aliphatic hydroxyl groups is 1. The minimum absolute atomic E-state index is 0.0342. The highest BCUT2D eigenvalue weighted by Crippen LogP contribution is 2.34. The van der Waals surface area contributed by atoms with E-state index in [1.807, 2.05) is 0 Å². The van der Waals surface area contributed by atoms with E-state index in [9.17, 15) is 14.7 Å². The van der Waals surface area contributed by atoms with E-state index in [-0.39, 0.29) is 25.5 Å². The van der Waals surface area contributed by atoms with Gasteiger partial charge in [0.2, 0.25) is 6.29 Å². The summed E-state index contributed by atoms with van der Waals surface area (Å²) in [7, 11) is 0. The third-order valence-corrected chi connectivity index (χ3v) is 3.99. The zero-order valence-corrected chi connectivity index (χ0v) is 13.8. The third kappa shape index (κ3) is 4.77. The molecule has 0 radical (unpaired) electrons. The van der Waals surface area contributed by atoms with Gasteiger partial charge in [-0.1, -0.05) is 0 Å². The summed E-state index contributed by atoms with van der Waals surface area (Å²) in [6.07, 6.45) is -2.83. The van der Waals surface area contributed by atoms with E-state index >= 15 is 0 Å². The maximum absolute atomic E-state index is 11.2. The van der Waals surface area contributed by atoms with Gasteiger partial charge in [-0.2, -0.15) is 0 Å². The van der Waals surface area contributed by atoms with Crippen molar-refractivity contribution in [1.29, 1.82) is 0 Å². The van der Waals surface area contributed by atoms with Crippen LogP contribution in [-0.2, 0) is 33.3 Å². The van der Waals surface area contributed by atoms with Gasteiger partial charge in [-0.05, 0) is 0 Å². The number of rotatable bonds is 5. The van der Waals surface area contributed by atoms with E-state index in [1.54, 1.807) is 0 Å². The van der Waals surface area contributed by atoms with Gasteiger partial charge in [-0.3, -0.25) is 9.59 Å². The second-order valence-electron chi connectivity index (χ2n) is 5.58.